The Labute approximate surface area is 179 Å². The highest BCUT2D eigenvalue weighted by molar-refractivity contribution is 5.93. The highest BCUT2D eigenvalue weighted by Crippen LogP contribution is 2.19. The fraction of sp³-hybridized carbons (Fsp3) is 0.636. The summed E-state index contributed by atoms with van der Waals surface area (Å²) in [7, 11) is 1.76. The van der Waals surface area contributed by atoms with Crippen molar-refractivity contribution in [3.63, 3.8) is 0 Å². The Kier molecular flexibility index (Phi) is 8.07. The number of amides is 1. The molecule has 1 unspecified atom stereocenters. The SMILES string of the molecule is C/C=C\C1=C(C)CN(CC(O)CNC(=O)c2cc(NC3CCOCC3)nn2C)CC1. The van der Waals surface area contributed by atoms with Gasteiger partial charge in [-0.1, -0.05) is 17.7 Å². The molecule has 1 atom stereocenters. The predicted octanol–water partition coefficient (Wildman–Crippen LogP) is 1.70. The summed E-state index contributed by atoms with van der Waals surface area (Å²) in [5.74, 6) is 0.469. The average molecular weight is 418 g/mol. The Morgan fingerprint density at radius 2 is 2.20 bits per heavy atom. The predicted molar refractivity (Wildman–Crippen MR) is 118 cm³/mol. The Hall–Kier alpha value is -2.16. The summed E-state index contributed by atoms with van der Waals surface area (Å²) in [6, 6.07) is 2.08. The van der Waals surface area contributed by atoms with E-state index in [1.807, 2.05) is 6.92 Å². The van der Waals surface area contributed by atoms with E-state index < -0.39 is 6.10 Å². The number of aryl methyl sites for hydroxylation is 1. The maximum Gasteiger partial charge on any atom is 0.269 e. The smallest absolute Gasteiger partial charge is 0.269 e. The van der Waals surface area contributed by atoms with Crippen LogP contribution in [-0.2, 0) is 11.8 Å². The van der Waals surface area contributed by atoms with Gasteiger partial charge in [0.05, 0.1) is 6.10 Å². The number of anilines is 1. The molecule has 30 heavy (non-hydrogen) atoms. The van der Waals surface area contributed by atoms with E-state index in [2.05, 4.69) is 39.7 Å². The van der Waals surface area contributed by atoms with Crippen LogP contribution in [0, 0.1) is 0 Å². The van der Waals surface area contributed by atoms with Crippen LogP contribution in [0.5, 0.6) is 0 Å². The Morgan fingerprint density at radius 1 is 1.43 bits per heavy atom. The molecule has 1 saturated heterocycles. The molecule has 3 rings (SSSR count). The first-order valence-electron chi connectivity index (χ1n) is 10.8. The Morgan fingerprint density at radius 3 is 2.90 bits per heavy atom. The quantitative estimate of drug-likeness (QED) is 0.596. The normalized spacial score (nSPS) is 20.0. The van der Waals surface area contributed by atoms with E-state index in [9.17, 15) is 9.90 Å². The van der Waals surface area contributed by atoms with Crippen LogP contribution in [0.25, 0.3) is 0 Å². The van der Waals surface area contributed by atoms with Crippen molar-refractivity contribution >= 4 is 11.7 Å². The van der Waals surface area contributed by atoms with Crippen LogP contribution in [0.1, 0.15) is 43.6 Å². The van der Waals surface area contributed by atoms with Gasteiger partial charge < -0.3 is 20.5 Å². The van der Waals surface area contributed by atoms with E-state index in [1.165, 1.54) is 11.1 Å². The van der Waals surface area contributed by atoms with Crippen molar-refractivity contribution in [2.45, 2.75) is 45.3 Å². The van der Waals surface area contributed by atoms with Gasteiger partial charge in [0, 0.05) is 58.5 Å². The molecule has 0 aliphatic carbocycles. The van der Waals surface area contributed by atoms with E-state index in [-0.39, 0.29) is 12.5 Å². The van der Waals surface area contributed by atoms with E-state index >= 15 is 0 Å². The largest absolute Gasteiger partial charge is 0.390 e. The van der Waals surface area contributed by atoms with Gasteiger partial charge in [-0.2, -0.15) is 5.10 Å². The molecule has 8 heteroatoms. The topological polar surface area (TPSA) is 91.7 Å². The number of nitrogens with zero attached hydrogens (tertiary/aromatic N) is 3. The van der Waals surface area contributed by atoms with Gasteiger partial charge in [0.2, 0.25) is 0 Å². The minimum atomic E-state index is -0.613. The number of allylic oxidation sites excluding steroid dienone is 2. The minimum Gasteiger partial charge on any atom is -0.390 e. The lowest BCUT2D eigenvalue weighted by Gasteiger charge is -2.30. The lowest BCUT2D eigenvalue weighted by Crippen LogP contribution is -2.42. The second-order valence-electron chi connectivity index (χ2n) is 8.22. The summed E-state index contributed by atoms with van der Waals surface area (Å²) in [5.41, 5.74) is 3.21. The monoisotopic (exact) mass is 417 g/mol. The summed E-state index contributed by atoms with van der Waals surface area (Å²) < 4.78 is 6.95. The van der Waals surface area contributed by atoms with Gasteiger partial charge in [-0.05, 0) is 38.7 Å². The maximum atomic E-state index is 12.6. The molecule has 166 valence electrons. The molecule has 2 aliphatic rings. The summed E-state index contributed by atoms with van der Waals surface area (Å²) in [4.78, 5) is 14.8. The van der Waals surface area contributed by atoms with Crippen LogP contribution in [0.4, 0.5) is 5.82 Å². The van der Waals surface area contributed by atoms with Gasteiger partial charge in [0.25, 0.3) is 5.91 Å². The average Bonchev–Trinajstić information content (AvgIpc) is 3.09. The molecule has 1 aromatic rings. The Balaban J connectivity index is 1.46. The molecule has 8 nitrogen and oxygen atoms in total. The maximum absolute atomic E-state index is 12.6. The third kappa shape index (κ3) is 6.17. The van der Waals surface area contributed by atoms with Crippen molar-refractivity contribution in [3.8, 4) is 0 Å². The van der Waals surface area contributed by atoms with E-state index in [4.69, 9.17) is 4.74 Å². The molecular formula is C22H35N5O3. The second-order valence-corrected chi connectivity index (χ2v) is 8.22. The second kappa shape index (κ2) is 10.7. The standard InChI is InChI=1S/C22H35N5O3/c1-4-5-17-6-9-27(14-16(17)2)15-19(28)13-23-22(29)20-12-21(25-26(20)3)24-18-7-10-30-11-8-18/h4-5,12,18-19,28H,6-11,13-15H2,1-3H3,(H,23,29)(H,24,25)/b5-4-. The lowest BCUT2D eigenvalue weighted by molar-refractivity contribution is 0.0856. The minimum absolute atomic E-state index is 0.216. The summed E-state index contributed by atoms with van der Waals surface area (Å²) >= 11 is 0. The molecule has 1 fully saturated rings. The van der Waals surface area contributed by atoms with Gasteiger partial charge >= 0.3 is 0 Å². The number of carbonyl (C=O) groups excluding carboxylic acids is 1. The van der Waals surface area contributed by atoms with Crippen molar-refractivity contribution in [1.29, 1.82) is 0 Å². The first kappa shape index (κ1) is 22.5. The van der Waals surface area contributed by atoms with Crippen LogP contribution in [0.15, 0.2) is 29.4 Å². The fourth-order valence-electron chi connectivity index (χ4n) is 4.06. The van der Waals surface area contributed by atoms with E-state index in [0.717, 1.165) is 45.6 Å². The van der Waals surface area contributed by atoms with Crippen LogP contribution in [-0.4, -0.2) is 77.2 Å². The number of hydrogen-bond donors (Lipinski definition) is 3. The fourth-order valence-corrected chi connectivity index (χ4v) is 4.06. The molecule has 1 aromatic heterocycles. The van der Waals surface area contributed by atoms with Gasteiger partial charge in [-0.25, -0.2) is 0 Å². The number of hydrogen-bond acceptors (Lipinski definition) is 6. The molecule has 2 aliphatic heterocycles. The van der Waals surface area contributed by atoms with Crippen LogP contribution < -0.4 is 10.6 Å². The molecular weight excluding hydrogens is 382 g/mol. The molecule has 3 N–H and O–H groups in total. The summed E-state index contributed by atoms with van der Waals surface area (Å²) in [6.07, 6.45) is 6.49. The highest BCUT2D eigenvalue weighted by atomic mass is 16.5. The van der Waals surface area contributed by atoms with Gasteiger partial charge in [0.15, 0.2) is 0 Å². The number of carbonyl (C=O) groups is 1. The number of nitrogens with one attached hydrogen (secondary N) is 2. The van der Waals surface area contributed by atoms with Gasteiger partial charge in [0.1, 0.15) is 11.5 Å². The van der Waals surface area contributed by atoms with Crippen molar-refractivity contribution < 1.29 is 14.6 Å². The van der Waals surface area contributed by atoms with Crippen LogP contribution in [0.3, 0.4) is 0 Å². The first-order valence-corrected chi connectivity index (χ1v) is 10.8. The Bertz CT molecular complexity index is 780. The zero-order valence-corrected chi connectivity index (χ0v) is 18.4. The number of aliphatic hydroxyl groups excluding tert-OH is 1. The third-order valence-corrected chi connectivity index (χ3v) is 5.73. The van der Waals surface area contributed by atoms with Crippen molar-refractivity contribution in [3.05, 3.63) is 35.1 Å². The molecule has 0 bridgehead atoms. The van der Waals surface area contributed by atoms with Crippen molar-refractivity contribution in [2.75, 3.05) is 44.7 Å². The molecule has 0 spiro atoms. The molecule has 1 amide bonds. The zero-order valence-electron chi connectivity index (χ0n) is 18.4. The molecule has 0 radical (unpaired) electrons. The molecule has 0 aromatic carbocycles. The van der Waals surface area contributed by atoms with Crippen LogP contribution in [0.2, 0.25) is 0 Å². The number of aromatic nitrogens is 2. The van der Waals surface area contributed by atoms with Crippen LogP contribution >= 0.6 is 0 Å². The van der Waals surface area contributed by atoms with E-state index in [1.54, 1.807) is 17.8 Å². The number of aliphatic hydroxyl groups is 1. The van der Waals surface area contributed by atoms with Gasteiger partial charge in [-0.15, -0.1) is 0 Å². The first-order chi connectivity index (χ1) is 14.5. The third-order valence-electron chi connectivity index (χ3n) is 5.73. The van der Waals surface area contributed by atoms with Gasteiger partial charge in [-0.3, -0.25) is 14.4 Å². The van der Waals surface area contributed by atoms with Crippen molar-refractivity contribution in [1.82, 2.24) is 20.0 Å². The highest BCUT2D eigenvalue weighted by Gasteiger charge is 2.20. The van der Waals surface area contributed by atoms with E-state index in [0.29, 0.717) is 24.1 Å². The zero-order chi connectivity index (χ0) is 21.5. The summed E-state index contributed by atoms with van der Waals surface area (Å²) in [5, 5.41) is 21.0. The number of β-amino-alcohol motifs (C(OH)–C–C–N with tert-alkyl or cyclic N) is 1. The molecule has 3 heterocycles. The lowest BCUT2D eigenvalue weighted by atomic mass is 10.0. The number of rotatable bonds is 8. The van der Waals surface area contributed by atoms with Crippen molar-refractivity contribution in [2.24, 2.45) is 7.05 Å². The summed E-state index contributed by atoms with van der Waals surface area (Å²) in [6.45, 7) is 8.21. The number of ether oxygens (including phenoxy) is 1. The molecule has 0 saturated carbocycles.